The van der Waals surface area contributed by atoms with E-state index in [1.807, 2.05) is 6.07 Å². The molecule has 0 aliphatic heterocycles. The zero-order valence-electron chi connectivity index (χ0n) is 8.66. The van der Waals surface area contributed by atoms with E-state index in [2.05, 4.69) is 10.1 Å². The van der Waals surface area contributed by atoms with Gasteiger partial charge in [0.05, 0.1) is 11.3 Å². The fraction of sp³-hybridized carbons (Fsp3) is 0. The van der Waals surface area contributed by atoms with Crippen LogP contribution >= 0.6 is 0 Å². The van der Waals surface area contributed by atoms with Gasteiger partial charge in [0.1, 0.15) is 11.8 Å². The van der Waals surface area contributed by atoms with Crippen molar-refractivity contribution in [3.8, 4) is 11.9 Å². The Morgan fingerprint density at radius 3 is 2.82 bits per heavy atom. The standard InChI is InChI=1S/C10H8N6O/c11-4-6-3-7(12)10(14-5-6)16-2-1-8(15-16)9(13)17/h1-3,5H,12H2,(H2,13,17). The van der Waals surface area contributed by atoms with Crippen LogP contribution in [-0.4, -0.2) is 20.7 Å². The normalized spacial score (nSPS) is 9.82. The summed E-state index contributed by atoms with van der Waals surface area (Å²) < 4.78 is 1.33. The predicted octanol–water partition coefficient (Wildman–Crippen LogP) is -0.180. The highest BCUT2D eigenvalue weighted by atomic mass is 16.1. The highest BCUT2D eigenvalue weighted by molar-refractivity contribution is 5.90. The highest BCUT2D eigenvalue weighted by Crippen LogP contribution is 2.14. The van der Waals surface area contributed by atoms with Crippen molar-refractivity contribution in [3.05, 3.63) is 35.8 Å². The topological polar surface area (TPSA) is 124 Å². The molecule has 4 N–H and O–H groups in total. The van der Waals surface area contributed by atoms with E-state index >= 15 is 0 Å². The Morgan fingerprint density at radius 2 is 2.29 bits per heavy atom. The number of hydrogen-bond donors (Lipinski definition) is 2. The lowest BCUT2D eigenvalue weighted by atomic mass is 10.3. The number of aromatic nitrogens is 3. The first-order valence-corrected chi connectivity index (χ1v) is 4.63. The quantitative estimate of drug-likeness (QED) is 0.737. The van der Waals surface area contributed by atoms with Crippen LogP contribution in [0.1, 0.15) is 16.1 Å². The van der Waals surface area contributed by atoms with Gasteiger partial charge in [-0.25, -0.2) is 9.67 Å². The zero-order valence-corrected chi connectivity index (χ0v) is 8.66. The van der Waals surface area contributed by atoms with Crippen LogP contribution in [-0.2, 0) is 0 Å². The van der Waals surface area contributed by atoms with Gasteiger partial charge in [0.25, 0.3) is 5.91 Å². The molecular weight excluding hydrogens is 220 g/mol. The largest absolute Gasteiger partial charge is 0.396 e. The molecule has 0 atom stereocenters. The van der Waals surface area contributed by atoms with Crippen LogP contribution in [0, 0.1) is 11.3 Å². The molecule has 7 nitrogen and oxygen atoms in total. The van der Waals surface area contributed by atoms with Gasteiger partial charge in [-0.15, -0.1) is 0 Å². The second-order valence-electron chi connectivity index (χ2n) is 3.26. The van der Waals surface area contributed by atoms with Crippen molar-refractivity contribution in [2.24, 2.45) is 5.73 Å². The molecule has 2 aromatic heterocycles. The van der Waals surface area contributed by atoms with Gasteiger partial charge in [-0.3, -0.25) is 4.79 Å². The first-order valence-electron chi connectivity index (χ1n) is 4.63. The Balaban J connectivity index is 2.46. The average molecular weight is 228 g/mol. The summed E-state index contributed by atoms with van der Waals surface area (Å²) in [5, 5.41) is 12.6. The lowest BCUT2D eigenvalue weighted by molar-refractivity contribution is 0.0995. The van der Waals surface area contributed by atoms with Crippen LogP contribution < -0.4 is 11.5 Å². The Kier molecular flexibility index (Phi) is 2.46. The fourth-order valence-electron chi connectivity index (χ4n) is 1.30. The number of rotatable bonds is 2. The van der Waals surface area contributed by atoms with Gasteiger partial charge in [0, 0.05) is 12.4 Å². The van der Waals surface area contributed by atoms with E-state index in [-0.39, 0.29) is 5.69 Å². The highest BCUT2D eigenvalue weighted by Gasteiger charge is 2.09. The summed E-state index contributed by atoms with van der Waals surface area (Å²) in [6, 6.07) is 4.86. The summed E-state index contributed by atoms with van der Waals surface area (Å²) in [4.78, 5) is 14.9. The fourth-order valence-corrected chi connectivity index (χ4v) is 1.30. The number of nitrogen functional groups attached to an aromatic ring is 1. The summed E-state index contributed by atoms with van der Waals surface area (Å²) in [5.41, 5.74) is 11.6. The summed E-state index contributed by atoms with van der Waals surface area (Å²) in [7, 11) is 0. The monoisotopic (exact) mass is 228 g/mol. The van der Waals surface area contributed by atoms with Gasteiger partial charge in [-0.2, -0.15) is 10.4 Å². The minimum Gasteiger partial charge on any atom is -0.396 e. The number of pyridine rings is 1. The Labute approximate surface area is 96.3 Å². The molecule has 0 aromatic carbocycles. The Bertz CT molecular complexity index is 624. The predicted molar refractivity (Wildman–Crippen MR) is 59.0 cm³/mol. The number of anilines is 1. The number of nitrogens with zero attached hydrogens (tertiary/aromatic N) is 4. The third kappa shape index (κ3) is 1.91. The van der Waals surface area contributed by atoms with Crippen molar-refractivity contribution in [1.82, 2.24) is 14.8 Å². The lowest BCUT2D eigenvalue weighted by Crippen LogP contribution is -2.12. The van der Waals surface area contributed by atoms with E-state index in [1.54, 1.807) is 0 Å². The Morgan fingerprint density at radius 1 is 1.53 bits per heavy atom. The van der Waals surface area contributed by atoms with Gasteiger partial charge in [-0.05, 0) is 12.1 Å². The summed E-state index contributed by atoms with van der Waals surface area (Å²) in [6.45, 7) is 0. The number of primary amides is 1. The molecule has 1 amide bonds. The number of hydrogen-bond acceptors (Lipinski definition) is 5. The first-order chi connectivity index (χ1) is 8.11. The molecule has 17 heavy (non-hydrogen) atoms. The van der Waals surface area contributed by atoms with Crippen molar-refractivity contribution in [1.29, 1.82) is 5.26 Å². The molecule has 0 bridgehead atoms. The van der Waals surface area contributed by atoms with Crippen molar-refractivity contribution < 1.29 is 4.79 Å². The van der Waals surface area contributed by atoms with Crippen molar-refractivity contribution in [2.45, 2.75) is 0 Å². The molecule has 0 aliphatic rings. The minimum absolute atomic E-state index is 0.121. The van der Waals surface area contributed by atoms with Crippen molar-refractivity contribution >= 4 is 11.6 Å². The van der Waals surface area contributed by atoms with Crippen LogP contribution in [0.2, 0.25) is 0 Å². The maximum absolute atomic E-state index is 10.9. The number of amides is 1. The van der Waals surface area contributed by atoms with Gasteiger partial charge < -0.3 is 11.5 Å². The van der Waals surface area contributed by atoms with Crippen LogP contribution in [0.5, 0.6) is 0 Å². The molecular formula is C10H8N6O. The molecule has 2 rings (SSSR count). The molecule has 84 valence electrons. The van der Waals surface area contributed by atoms with Gasteiger partial charge in [-0.1, -0.05) is 0 Å². The summed E-state index contributed by atoms with van der Waals surface area (Å²) >= 11 is 0. The maximum Gasteiger partial charge on any atom is 0.269 e. The third-order valence-electron chi connectivity index (χ3n) is 2.08. The summed E-state index contributed by atoms with van der Waals surface area (Å²) in [5.74, 6) is -0.285. The van der Waals surface area contributed by atoms with Gasteiger partial charge >= 0.3 is 0 Å². The Hall–Kier alpha value is -2.88. The van der Waals surface area contributed by atoms with E-state index in [4.69, 9.17) is 16.7 Å². The molecule has 0 saturated heterocycles. The summed E-state index contributed by atoms with van der Waals surface area (Å²) in [6.07, 6.45) is 2.89. The van der Waals surface area contributed by atoms with Gasteiger partial charge in [0.2, 0.25) is 0 Å². The van der Waals surface area contributed by atoms with E-state index in [0.717, 1.165) is 0 Å². The molecule has 0 radical (unpaired) electrons. The number of carbonyl (C=O) groups excluding carboxylic acids is 1. The van der Waals surface area contributed by atoms with Crippen LogP contribution in [0.4, 0.5) is 5.69 Å². The first kappa shape index (κ1) is 10.6. The smallest absolute Gasteiger partial charge is 0.269 e. The second kappa shape index (κ2) is 3.94. The number of nitriles is 1. The lowest BCUT2D eigenvalue weighted by Gasteiger charge is -2.03. The van der Waals surface area contributed by atoms with Crippen LogP contribution in [0.3, 0.4) is 0 Å². The van der Waals surface area contributed by atoms with E-state index in [9.17, 15) is 4.79 Å². The molecule has 7 heteroatoms. The molecule has 0 saturated carbocycles. The minimum atomic E-state index is -0.629. The van der Waals surface area contributed by atoms with Crippen LogP contribution in [0.15, 0.2) is 24.5 Å². The molecule has 0 spiro atoms. The van der Waals surface area contributed by atoms with E-state index in [1.165, 1.54) is 29.2 Å². The van der Waals surface area contributed by atoms with E-state index in [0.29, 0.717) is 17.1 Å². The van der Waals surface area contributed by atoms with E-state index < -0.39 is 5.91 Å². The van der Waals surface area contributed by atoms with Gasteiger partial charge in [0.15, 0.2) is 5.82 Å². The number of carbonyl (C=O) groups is 1. The molecule has 0 unspecified atom stereocenters. The molecule has 2 aromatic rings. The molecule has 0 aliphatic carbocycles. The SMILES string of the molecule is N#Cc1cnc(-n2ccc(C(N)=O)n2)c(N)c1. The molecule has 2 heterocycles. The molecule has 0 fully saturated rings. The van der Waals surface area contributed by atoms with Crippen molar-refractivity contribution in [2.75, 3.05) is 5.73 Å². The average Bonchev–Trinajstić information content (AvgIpc) is 2.78. The van der Waals surface area contributed by atoms with Crippen LogP contribution in [0.25, 0.3) is 5.82 Å². The van der Waals surface area contributed by atoms with Crippen molar-refractivity contribution in [3.63, 3.8) is 0 Å². The second-order valence-corrected chi connectivity index (χ2v) is 3.26. The maximum atomic E-state index is 10.9. The third-order valence-corrected chi connectivity index (χ3v) is 2.08. The number of nitrogens with two attached hydrogens (primary N) is 2. The zero-order chi connectivity index (χ0) is 12.4.